The van der Waals surface area contributed by atoms with Gasteiger partial charge < -0.3 is 9.80 Å². The second-order valence-electron chi connectivity index (χ2n) is 5.48. The molecule has 0 aliphatic carbocycles. The topological polar surface area (TPSA) is 19.4 Å². The van der Waals surface area contributed by atoms with Gasteiger partial charge in [0.1, 0.15) is 0 Å². The maximum atomic E-state index is 4.37. The highest BCUT2D eigenvalue weighted by Crippen LogP contribution is 2.24. The van der Waals surface area contributed by atoms with Gasteiger partial charge in [0, 0.05) is 25.3 Å². The Labute approximate surface area is 104 Å². The summed E-state index contributed by atoms with van der Waals surface area (Å²) >= 11 is 0. The minimum Gasteiger partial charge on any atom is -0.369 e. The van der Waals surface area contributed by atoms with Crippen LogP contribution in [0, 0.1) is 0 Å². The lowest BCUT2D eigenvalue weighted by Gasteiger charge is -2.22. The number of hydrogen-bond donors (Lipinski definition) is 0. The van der Waals surface area contributed by atoms with Crippen molar-refractivity contribution >= 4 is 5.69 Å². The second kappa shape index (κ2) is 5.05. The van der Waals surface area contributed by atoms with E-state index in [1.54, 1.807) is 0 Å². The van der Waals surface area contributed by atoms with Gasteiger partial charge in [0.15, 0.2) is 0 Å². The van der Waals surface area contributed by atoms with E-state index >= 15 is 0 Å². The number of anilines is 1. The molecule has 0 amide bonds. The molecule has 2 heterocycles. The molecule has 0 N–H and O–H groups in total. The molecule has 2 rings (SSSR count). The highest BCUT2D eigenvalue weighted by molar-refractivity contribution is 5.48. The molecule has 3 heteroatoms. The molecule has 1 aliphatic rings. The van der Waals surface area contributed by atoms with E-state index in [0.717, 1.165) is 13.1 Å². The third kappa shape index (κ3) is 2.78. The molecule has 1 aromatic rings. The van der Waals surface area contributed by atoms with Gasteiger partial charge in [0.2, 0.25) is 0 Å². The number of nitrogens with zero attached hydrogens (tertiary/aromatic N) is 3. The van der Waals surface area contributed by atoms with Gasteiger partial charge in [0.25, 0.3) is 0 Å². The SMILES string of the molecule is CC(C)c1cncc(N2CC[C@@H](N(C)C)C2)c1. The van der Waals surface area contributed by atoms with E-state index in [4.69, 9.17) is 0 Å². The van der Waals surface area contributed by atoms with E-state index in [1.165, 1.54) is 17.7 Å². The quantitative estimate of drug-likeness (QED) is 0.799. The van der Waals surface area contributed by atoms with Crippen molar-refractivity contribution in [1.82, 2.24) is 9.88 Å². The van der Waals surface area contributed by atoms with Crippen LogP contribution in [0.4, 0.5) is 5.69 Å². The molecule has 0 saturated carbocycles. The summed E-state index contributed by atoms with van der Waals surface area (Å²) in [6.07, 6.45) is 5.22. The Kier molecular flexibility index (Phi) is 3.67. The van der Waals surface area contributed by atoms with Gasteiger partial charge in [-0.15, -0.1) is 0 Å². The Morgan fingerprint density at radius 1 is 1.35 bits per heavy atom. The number of pyridine rings is 1. The summed E-state index contributed by atoms with van der Waals surface area (Å²) in [7, 11) is 4.33. The number of aromatic nitrogens is 1. The predicted molar refractivity (Wildman–Crippen MR) is 72.6 cm³/mol. The Hall–Kier alpha value is -1.09. The molecule has 0 aromatic carbocycles. The third-order valence-corrected chi connectivity index (χ3v) is 3.67. The summed E-state index contributed by atoms with van der Waals surface area (Å²) in [6.45, 7) is 6.70. The first-order valence-electron chi connectivity index (χ1n) is 6.44. The van der Waals surface area contributed by atoms with Gasteiger partial charge in [-0.05, 0) is 38.1 Å². The van der Waals surface area contributed by atoms with Crippen LogP contribution in [0.1, 0.15) is 31.7 Å². The zero-order valence-electron chi connectivity index (χ0n) is 11.3. The molecule has 0 unspecified atom stereocenters. The summed E-state index contributed by atoms with van der Waals surface area (Å²) in [5.74, 6) is 0.551. The van der Waals surface area contributed by atoms with Gasteiger partial charge in [0.05, 0.1) is 11.9 Å². The van der Waals surface area contributed by atoms with Crippen LogP contribution in [0.15, 0.2) is 18.5 Å². The van der Waals surface area contributed by atoms with E-state index < -0.39 is 0 Å². The number of rotatable bonds is 3. The van der Waals surface area contributed by atoms with E-state index in [9.17, 15) is 0 Å². The van der Waals surface area contributed by atoms with E-state index in [1.807, 2.05) is 12.4 Å². The first-order valence-corrected chi connectivity index (χ1v) is 6.44. The fraction of sp³-hybridized carbons (Fsp3) is 0.643. The summed E-state index contributed by atoms with van der Waals surface area (Å²) in [6, 6.07) is 2.97. The molecule has 94 valence electrons. The minimum atomic E-state index is 0.551. The lowest BCUT2D eigenvalue weighted by molar-refractivity contribution is 0.315. The fourth-order valence-electron chi connectivity index (χ4n) is 2.33. The van der Waals surface area contributed by atoms with Gasteiger partial charge in [-0.2, -0.15) is 0 Å². The van der Waals surface area contributed by atoms with Crippen molar-refractivity contribution in [2.24, 2.45) is 0 Å². The monoisotopic (exact) mass is 233 g/mol. The molecule has 1 saturated heterocycles. The molecular weight excluding hydrogens is 210 g/mol. The zero-order chi connectivity index (χ0) is 12.4. The van der Waals surface area contributed by atoms with Crippen LogP contribution >= 0.6 is 0 Å². The van der Waals surface area contributed by atoms with E-state index in [0.29, 0.717) is 12.0 Å². The maximum Gasteiger partial charge on any atom is 0.0556 e. The Morgan fingerprint density at radius 3 is 2.71 bits per heavy atom. The largest absolute Gasteiger partial charge is 0.369 e. The van der Waals surface area contributed by atoms with Crippen LogP contribution in [0.25, 0.3) is 0 Å². The average molecular weight is 233 g/mol. The van der Waals surface area contributed by atoms with E-state index in [2.05, 4.69) is 48.8 Å². The fourth-order valence-corrected chi connectivity index (χ4v) is 2.33. The lowest BCUT2D eigenvalue weighted by atomic mass is 10.1. The standard InChI is InChI=1S/C14H23N3/c1-11(2)12-7-14(9-15-8-12)17-6-5-13(10-17)16(3)4/h7-9,11,13H,5-6,10H2,1-4H3/t13-/m1/s1. The molecular formula is C14H23N3. The van der Waals surface area contributed by atoms with Gasteiger partial charge in [-0.25, -0.2) is 0 Å². The normalized spacial score (nSPS) is 20.6. The predicted octanol–water partition coefficient (Wildman–Crippen LogP) is 2.35. The molecule has 1 aliphatic heterocycles. The number of hydrogen-bond acceptors (Lipinski definition) is 3. The summed E-state index contributed by atoms with van der Waals surface area (Å²) in [5, 5.41) is 0. The van der Waals surface area contributed by atoms with Crippen LogP contribution in [0.3, 0.4) is 0 Å². The molecule has 1 atom stereocenters. The van der Waals surface area contributed by atoms with Crippen LogP contribution in [-0.2, 0) is 0 Å². The second-order valence-corrected chi connectivity index (χ2v) is 5.48. The van der Waals surface area contributed by atoms with Crippen LogP contribution in [-0.4, -0.2) is 43.1 Å². The smallest absolute Gasteiger partial charge is 0.0556 e. The molecule has 0 radical (unpaired) electrons. The highest BCUT2D eigenvalue weighted by Gasteiger charge is 2.24. The zero-order valence-corrected chi connectivity index (χ0v) is 11.3. The van der Waals surface area contributed by atoms with Crippen LogP contribution in [0.2, 0.25) is 0 Å². The summed E-state index contributed by atoms with van der Waals surface area (Å²) in [4.78, 5) is 9.13. The van der Waals surface area contributed by atoms with Crippen molar-refractivity contribution < 1.29 is 0 Å². The molecule has 1 aromatic heterocycles. The minimum absolute atomic E-state index is 0.551. The first kappa shape index (κ1) is 12.4. The lowest BCUT2D eigenvalue weighted by Crippen LogP contribution is -2.31. The third-order valence-electron chi connectivity index (χ3n) is 3.67. The summed E-state index contributed by atoms with van der Waals surface area (Å²) in [5.41, 5.74) is 2.61. The van der Waals surface area contributed by atoms with Gasteiger partial charge >= 0.3 is 0 Å². The van der Waals surface area contributed by atoms with Crippen LogP contribution in [0.5, 0.6) is 0 Å². The first-order chi connectivity index (χ1) is 8.08. The summed E-state index contributed by atoms with van der Waals surface area (Å²) < 4.78 is 0. The molecule has 0 bridgehead atoms. The van der Waals surface area contributed by atoms with Crippen molar-refractivity contribution in [2.45, 2.75) is 32.2 Å². The van der Waals surface area contributed by atoms with E-state index in [-0.39, 0.29) is 0 Å². The molecule has 0 spiro atoms. The van der Waals surface area contributed by atoms with Crippen molar-refractivity contribution in [3.8, 4) is 0 Å². The number of likely N-dealkylation sites (N-methyl/N-ethyl adjacent to an activating group) is 1. The van der Waals surface area contributed by atoms with Gasteiger partial charge in [-0.1, -0.05) is 13.8 Å². The molecule has 3 nitrogen and oxygen atoms in total. The Bertz CT molecular complexity index is 373. The van der Waals surface area contributed by atoms with Gasteiger partial charge in [-0.3, -0.25) is 4.98 Å². The Morgan fingerprint density at radius 2 is 2.12 bits per heavy atom. The highest BCUT2D eigenvalue weighted by atomic mass is 15.2. The Balaban J connectivity index is 2.11. The van der Waals surface area contributed by atoms with Crippen molar-refractivity contribution in [2.75, 3.05) is 32.1 Å². The van der Waals surface area contributed by atoms with Crippen molar-refractivity contribution in [3.63, 3.8) is 0 Å². The maximum absolute atomic E-state index is 4.37. The van der Waals surface area contributed by atoms with Crippen molar-refractivity contribution in [1.29, 1.82) is 0 Å². The molecule has 1 fully saturated rings. The van der Waals surface area contributed by atoms with Crippen molar-refractivity contribution in [3.05, 3.63) is 24.0 Å². The average Bonchev–Trinajstić information content (AvgIpc) is 2.78. The van der Waals surface area contributed by atoms with Crippen LogP contribution < -0.4 is 4.90 Å². The molecule has 17 heavy (non-hydrogen) atoms.